The van der Waals surface area contributed by atoms with Crippen molar-refractivity contribution in [3.05, 3.63) is 45.9 Å². The van der Waals surface area contributed by atoms with Crippen molar-refractivity contribution >= 4 is 41.3 Å². The molecular formula is C18H24F3IN4OS. The van der Waals surface area contributed by atoms with Crippen LogP contribution in [0.1, 0.15) is 29.3 Å². The van der Waals surface area contributed by atoms with Gasteiger partial charge in [0.05, 0.1) is 13.1 Å². The van der Waals surface area contributed by atoms with Gasteiger partial charge in [0.15, 0.2) is 12.6 Å². The summed E-state index contributed by atoms with van der Waals surface area (Å²) in [6, 6.07) is 6.43. The Morgan fingerprint density at radius 3 is 2.46 bits per heavy atom. The first kappa shape index (κ1) is 24.5. The van der Waals surface area contributed by atoms with Crippen LogP contribution in [0.15, 0.2) is 35.5 Å². The molecule has 5 nitrogen and oxygen atoms in total. The van der Waals surface area contributed by atoms with E-state index in [1.165, 1.54) is 17.0 Å². The van der Waals surface area contributed by atoms with Crippen molar-refractivity contribution in [3.8, 4) is 5.75 Å². The quantitative estimate of drug-likeness (QED) is 0.301. The van der Waals surface area contributed by atoms with Gasteiger partial charge in [-0.05, 0) is 31.0 Å². The summed E-state index contributed by atoms with van der Waals surface area (Å²) in [6.45, 7) is 4.47. The van der Waals surface area contributed by atoms with Crippen LogP contribution in [0.3, 0.4) is 0 Å². The maximum atomic E-state index is 12.2. The van der Waals surface area contributed by atoms with E-state index < -0.39 is 12.8 Å². The molecule has 0 aliphatic carbocycles. The van der Waals surface area contributed by atoms with Gasteiger partial charge in [0.25, 0.3) is 0 Å². The minimum atomic E-state index is -4.34. The molecule has 0 aliphatic rings. The first-order valence-electron chi connectivity index (χ1n) is 8.64. The number of guanidine groups is 1. The van der Waals surface area contributed by atoms with E-state index in [9.17, 15) is 13.2 Å². The fourth-order valence-corrected chi connectivity index (χ4v) is 2.92. The van der Waals surface area contributed by atoms with E-state index in [4.69, 9.17) is 4.74 Å². The van der Waals surface area contributed by atoms with E-state index in [-0.39, 0.29) is 29.7 Å². The average molecular weight is 528 g/mol. The lowest BCUT2D eigenvalue weighted by Gasteiger charge is -2.11. The molecule has 0 atom stereocenters. The van der Waals surface area contributed by atoms with Gasteiger partial charge in [-0.2, -0.15) is 13.2 Å². The predicted molar refractivity (Wildman–Crippen MR) is 117 cm³/mol. The number of alkyl halides is 3. The summed E-state index contributed by atoms with van der Waals surface area (Å²) in [5, 5.41) is 7.38. The molecule has 0 saturated carbocycles. The zero-order valence-electron chi connectivity index (χ0n) is 15.7. The van der Waals surface area contributed by atoms with Gasteiger partial charge < -0.3 is 15.4 Å². The van der Waals surface area contributed by atoms with Crippen LogP contribution < -0.4 is 15.4 Å². The monoisotopic (exact) mass is 528 g/mol. The zero-order chi connectivity index (χ0) is 19.7. The lowest BCUT2D eigenvalue weighted by molar-refractivity contribution is -0.153. The summed E-state index contributed by atoms with van der Waals surface area (Å²) >= 11 is 1.66. The lowest BCUT2D eigenvalue weighted by Crippen LogP contribution is -2.36. The second-order valence-corrected chi connectivity index (χ2v) is 6.87. The predicted octanol–water partition coefficient (Wildman–Crippen LogP) is 4.52. The van der Waals surface area contributed by atoms with Crippen LogP contribution in [0.2, 0.25) is 0 Å². The number of aryl methyl sites for hydroxylation is 1. The molecule has 1 aromatic heterocycles. The minimum absolute atomic E-state index is 0. The molecule has 10 heteroatoms. The number of aromatic nitrogens is 1. The average Bonchev–Trinajstić information content (AvgIpc) is 3.10. The summed E-state index contributed by atoms with van der Waals surface area (Å²) in [5.41, 5.74) is 0.870. The number of thiazole rings is 1. The number of hydrogen-bond donors (Lipinski definition) is 2. The molecule has 28 heavy (non-hydrogen) atoms. The SMILES string of the molecule is CCNC(=NCc1ccc(OCC(F)(F)F)cc1)NCc1ncc(CC)s1.I. The van der Waals surface area contributed by atoms with E-state index in [1.807, 2.05) is 13.1 Å². The zero-order valence-corrected chi connectivity index (χ0v) is 18.8. The molecule has 0 fully saturated rings. The maximum absolute atomic E-state index is 12.2. The number of nitrogens with one attached hydrogen (secondary N) is 2. The van der Waals surface area contributed by atoms with Crippen molar-refractivity contribution in [2.75, 3.05) is 13.2 Å². The number of nitrogens with zero attached hydrogens (tertiary/aromatic N) is 2. The Kier molecular flexibility index (Phi) is 10.6. The molecule has 1 aromatic carbocycles. The fourth-order valence-electron chi connectivity index (χ4n) is 2.12. The van der Waals surface area contributed by atoms with Crippen molar-refractivity contribution in [1.29, 1.82) is 0 Å². The number of hydrogen-bond acceptors (Lipinski definition) is 4. The molecule has 0 amide bonds. The summed E-state index contributed by atoms with van der Waals surface area (Å²) in [7, 11) is 0. The van der Waals surface area contributed by atoms with E-state index in [2.05, 4.69) is 27.5 Å². The van der Waals surface area contributed by atoms with Gasteiger partial charge in [-0.1, -0.05) is 19.1 Å². The van der Waals surface area contributed by atoms with Crippen molar-refractivity contribution < 1.29 is 17.9 Å². The second kappa shape index (κ2) is 12.1. The van der Waals surface area contributed by atoms with E-state index >= 15 is 0 Å². The largest absolute Gasteiger partial charge is 0.484 e. The Morgan fingerprint density at radius 2 is 1.89 bits per heavy atom. The van der Waals surface area contributed by atoms with E-state index in [1.54, 1.807) is 23.5 Å². The first-order chi connectivity index (χ1) is 12.9. The molecule has 0 bridgehead atoms. The van der Waals surface area contributed by atoms with Crippen molar-refractivity contribution in [3.63, 3.8) is 0 Å². The molecule has 0 spiro atoms. The minimum Gasteiger partial charge on any atom is -0.484 e. The van der Waals surface area contributed by atoms with E-state index in [0.717, 1.165) is 17.0 Å². The van der Waals surface area contributed by atoms with Crippen LogP contribution in [0, 0.1) is 0 Å². The molecule has 2 rings (SSSR count). The van der Waals surface area contributed by atoms with Crippen LogP contribution in [0.5, 0.6) is 5.75 Å². The summed E-state index contributed by atoms with van der Waals surface area (Å²) in [6.07, 6.45) is -1.49. The third kappa shape index (κ3) is 9.09. The Hall–Kier alpha value is -1.56. The van der Waals surface area contributed by atoms with E-state index in [0.29, 0.717) is 25.6 Å². The smallest absolute Gasteiger partial charge is 0.422 e. The van der Waals surface area contributed by atoms with Crippen molar-refractivity contribution in [2.24, 2.45) is 4.99 Å². The van der Waals surface area contributed by atoms with Crippen LogP contribution in [-0.4, -0.2) is 30.3 Å². The Morgan fingerprint density at radius 1 is 1.18 bits per heavy atom. The van der Waals surface area contributed by atoms with Gasteiger partial charge in [0.1, 0.15) is 10.8 Å². The molecular weight excluding hydrogens is 504 g/mol. The molecule has 0 saturated heterocycles. The Balaban J connectivity index is 0.00000392. The summed E-state index contributed by atoms with van der Waals surface area (Å²) < 4.78 is 41.2. The summed E-state index contributed by atoms with van der Waals surface area (Å²) in [5.74, 6) is 0.837. The highest BCUT2D eigenvalue weighted by molar-refractivity contribution is 14.0. The third-order valence-electron chi connectivity index (χ3n) is 3.45. The van der Waals surface area contributed by atoms with Gasteiger partial charge >= 0.3 is 6.18 Å². The van der Waals surface area contributed by atoms with Gasteiger partial charge in [-0.15, -0.1) is 35.3 Å². The van der Waals surface area contributed by atoms with Gasteiger partial charge in [-0.3, -0.25) is 0 Å². The Labute approximate surface area is 183 Å². The third-order valence-corrected chi connectivity index (χ3v) is 4.59. The molecule has 1 heterocycles. The van der Waals surface area contributed by atoms with Gasteiger partial charge in [-0.25, -0.2) is 9.98 Å². The number of aliphatic imine (C=N–C) groups is 1. The highest BCUT2D eigenvalue weighted by atomic mass is 127. The fraction of sp³-hybridized carbons (Fsp3) is 0.444. The summed E-state index contributed by atoms with van der Waals surface area (Å²) in [4.78, 5) is 10.1. The molecule has 0 unspecified atom stereocenters. The van der Waals surface area contributed by atoms with Crippen LogP contribution in [0.25, 0.3) is 0 Å². The normalized spacial score (nSPS) is 11.7. The lowest BCUT2D eigenvalue weighted by atomic mass is 10.2. The Bertz CT molecular complexity index is 735. The van der Waals surface area contributed by atoms with Crippen LogP contribution in [0.4, 0.5) is 13.2 Å². The first-order valence-corrected chi connectivity index (χ1v) is 9.45. The van der Waals surface area contributed by atoms with Gasteiger partial charge in [0, 0.05) is 17.6 Å². The maximum Gasteiger partial charge on any atom is 0.422 e. The highest BCUT2D eigenvalue weighted by Crippen LogP contribution is 2.19. The molecule has 0 aliphatic heterocycles. The molecule has 2 N–H and O–H groups in total. The molecule has 2 aromatic rings. The topological polar surface area (TPSA) is 58.5 Å². The molecule has 156 valence electrons. The number of halogens is 4. The number of rotatable bonds is 8. The van der Waals surface area contributed by atoms with Crippen LogP contribution in [-0.2, 0) is 19.5 Å². The molecule has 0 radical (unpaired) electrons. The standard InChI is InChI=1S/C18H23F3N4OS.HI/c1-3-15-10-23-16(27-15)11-25-17(22-4-2)24-9-13-5-7-14(8-6-13)26-12-18(19,20)21;/h5-8,10H,3-4,9,11-12H2,1-2H3,(H2,22,24,25);1H. The van der Waals surface area contributed by atoms with Crippen molar-refractivity contribution in [2.45, 2.75) is 39.5 Å². The number of benzene rings is 1. The highest BCUT2D eigenvalue weighted by Gasteiger charge is 2.28. The van der Waals surface area contributed by atoms with Crippen molar-refractivity contribution in [1.82, 2.24) is 15.6 Å². The number of ether oxygens (including phenoxy) is 1. The van der Waals surface area contributed by atoms with Crippen LogP contribution >= 0.6 is 35.3 Å². The second-order valence-electron chi connectivity index (χ2n) is 5.67. The van der Waals surface area contributed by atoms with Gasteiger partial charge in [0.2, 0.25) is 0 Å².